The van der Waals surface area contributed by atoms with Gasteiger partial charge in [0.25, 0.3) is 0 Å². The van der Waals surface area contributed by atoms with E-state index in [4.69, 9.17) is 0 Å². The van der Waals surface area contributed by atoms with Gasteiger partial charge in [0.2, 0.25) is 0 Å². The molecule has 0 spiro atoms. The highest BCUT2D eigenvalue weighted by molar-refractivity contribution is 5.21. The molecule has 2 atom stereocenters. The second-order valence-corrected chi connectivity index (χ2v) is 6.02. The number of hydrogen-bond acceptors (Lipinski definition) is 2. The Morgan fingerprint density at radius 2 is 2.00 bits per heavy atom. The lowest BCUT2D eigenvalue weighted by Gasteiger charge is -2.28. The van der Waals surface area contributed by atoms with E-state index < -0.39 is 0 Å². The summed E-state index contributed by atoms with van der Waals surface area (Å²) in [5.74, 6) is 0.731. The molecule has 1 aromatic rings. The summed E-state index contributed by atoms with van der Waals surface area (Å²) in [6.07, 6.45) is 2.55. The first-order chi connectivity index (χ1) is 9.20. The van der Waals surface area contributed by atoms with Crippen LogP contribution in [0.2, 0.25) is 0 Å². The zero-order valence-corrected chi connectivity index (χ0v) is 12.6. The van der Waals surface area contributed by atoms with Crippen molar-refractivity contribution in [3.05, 3.63) is 35.9 Å². The second-order valence-electron chi connectivity index (χ2n) is 6.02. The van der Waals surface area contributed by atoms with E-state index in [2.05, 4.69) is 61.3 Å². The van der Waals surface area contributed by atoms with Crippen LogP contribution in [0.1, 0.15) is 45.1 Å². The third-order valence-corrected chi connectivity index (χ3v) is 4.24. The molecule has 1 saturated heterocycles. The van der Waals surface area contributed by atoms with Gasteiger partial charge in [-0.05, 0) is 30.9 Å². The molecule has 1 fully saturated rings. The van der Waals surface area contributed by atoms with Crippen molar-refractivity contribution in [1.29, 1.82) is 0 Å². The monoisotopic (exact) mass is 260 g/mol. The Labute approximate surface area is 118 Å². The molecule has 2 heteroatoms. The molecule has 1 aromatic carbocycles. The van der Waals surface area contributed by atoms with Crippen molar-refractivity contribution in [2.24, 2.45) is 0 Å². The van der Waals surface area contributed by atoms with Crippen LogP contribution in [-0.4, -0.2) is 36.6 Å². The van der Waals surface area contributed by atoms with Crippen LogP contribution in [0, 0.1) is 0 Å². The van der Waals surface area contributed by atoms with Gasteiger partial charge in [-0.15, -0.1) is 0 Å². The standard InChI is InChI=1S/C17H28N2/c1-4-17(12-18-14(2)3)19-11-10-16(13-19)15-8-6-5-7-9-15/h5-9,14,16-18H,4,10-13H2,1-3H3. The molecule has 0 radical (unpaired) electrons. The lowest BCUT2D eigenvalue weighted by atomic mass is 9.99. The fourth-order valence-electron chi connectivity index (χ4n) is 3.02. The maximum Gasteiger partial charge on any atom is 0.0218 e. The van der Waals surface area contributed by atoms with E-state index in [1.54, 1.807) is 0 Å². The molecule has 1 aliphatic heterocycles. The van der Waals surface area contributed by atoms with Crippen LogP contribution in [0.25, 0.3) is 0 Å². The number of nitrogens with one attached hydrogen (secondary N) is 1. The van der Waals surface area contributed by atoms with Crippen molar-refractivity contribution >= 4 is 0 Å². The summed E-state index contributed by atoms with van der Waals surface area (Å²) < 4.78 is 0. The molecule has 19 heavy (non-hydrogen) atoms. The third kappa shape index (κ3) is 4.05. The first-order valence-corrected chi connectivity index (χ1v) is 7.73. The third-order valence-electron chi connectivity index (χ3n) is 4.24. The Bertz CT molecular complexity index is 361. The number of benzene rings is 1. The van der Waals surface area contributed by atoms with Gasteiger partial charge in [0.1, 0.15) is 0 Å². The number of likely N-dealkylation sites (tertiary alicyclic amines) is 1. The summed E-state index contributed by atoms with van der Waals surface area (Å²) in [6, 6.07) is 12.3. The van der Waals surface area contributed by atoms with Gasteiger partial charge in [-0.2, -0.15) is 0 Å². The van der Waals surface area contributed by atoms with E-state index in [9.17, 15) is 0 Å². The summed E-state index contributed by atoms with van der Waals surface area (Å²) in [6.45, 7) is 10.4. The predicted molar refractivity (Wildman–Crippen MR) is 82.6 cm³/mol. The first kappa shape index (κ1) is 14.5. The number of hydrogen-bond donors (Lipinski definition) is 1. The van der Waals surface area contributed by atoms with Crippen LogP contribution in [0.5, 0.6) is 0 Å². The molecular weight excluding hydrogens is 232 g/mol. The minimum absolute atomic E-state index is 0.585. The molecule has 2 nitrogen and oxygen atoms in total. The molecule has 2 rings (SSSR count). The van der Waals surface area contributed by atoms with Crippen molar-refractivity contribution in [2.75, 3.05) is 19.6 Å². The Morgan fingerprint density at radius 3 is 2.63 bits per heavy atom. The lowest BCUT2D eigenvalue weighted by molar-refractivity contribution is 0.223. The summed E-state index contributed by atoms with van der Waals surface area (Å²) in [5.41, 5.74) is 1.51. The van der Waals surface area contributed by atoms with Gasteiger partial charge in [0.05, 0.1) is 0 Å². The Balaban J connectivity index is 1.89. The Morgan fingerprint density at radius 1 is 1.26 bits per heavy atom. The van der Waals surface area contributed by atoms with Crippen LogP contribution < -0.4 is 5.32 Å². The van der Waals surface area contributed by atoms with Crippen molar-refractivity contribution in [3.63, 3.8) is 0 Å². The van der Waals surface area contributed by atoms with E-state index in [-0.39, 0.29) is 0 Å². The van der Waals surface area contributed by atoms with Crippen LogP contribution in [0.3, 0.4) is 0 Å². The molecular formula is C17H28N2. The van der Waals surface area contributed by atoms with E-state index in [0.29, 0.717) is 12.1 Å². The van der Waals surface area contributed by atoms with Gasteiger partial charge in [-0.1, -0.05) is 51.1 Å². The fourth-order valence-corrected chi connectivity index (χ4v) is 3.02. The maximum absolute atomic E-state index is 3.59. The van der Waals surface area contributed by atoms with Gasteiger partial charge in [-0.25, -0.2) is 0 Å². The first-order valence-electron chi connectivity index (χ1n) is 7.73. The lowest BCUT2D eigenvalue weighted by Crippen LogP contribution is -2.42. The van der Waals surface area contributed by atoms with E-state index in [1.165, 1.54) is 31.5 Å². The average molecular weight is 260 g/mol. The van der Waals surface area contributed by atoms with Crippen molar-refractivity contribution in [2.45, 2.75) is 51.6 Å². The van der Waals surface area contributed by atoms with Gasteiger partial charge < -0.3 is 5.32 Å². The van der Waals surface area contributed by atoms with E-state index >= 15 is 0 Å². The number of nitrogens with zero attached hydrogens (tertiary/aromatic N) is 1. The van der Waals surface area contributed by atoms with E-state index in [0.717, 1.165) is 12.5 Å². The molecule has 1 aliphatic rings. The highest BCUT2D eigenvalue weighted by Crippen LogP contribution is 2.28. The summed E-state index contributed by atoms with van der Waals surface area (Å²) in [7, 11) is 0. The molecule has 0 bridgehead atoms. The zero-order chi connectivity index (χ0) is 13.7. The zero-order valence-electron chi connectivity index (χ0n) is 12.6. The molecule has 0 amide bonds. The normalized spacial score (nSPS) is 22.0. The highest BCUT2D eigenvalue weighted by Gasteiger charge is 2.27. The smallest absolute Gasteiger partial charge is 0.0218 e. The van der Waals surface area contributed by atoms with Gasteiger partial charge in [-0.3, -0.25) is 4.90 Å². The van der Waals surface area contributed by atoms with E-state index in [1.807, 2.05) is 0 Å². The summed E-state index contributed by atoms with van der Waals surface area (Å²) in [5, 5.41) is 3.59. The minimum Gasteiger partial charge on any atom is -0.313 e. The minimum atomic E-state index is 0.585. The molecule has 0 aliphatic carbocycles. The molecule has 1 heterocycles. The molecule has 1 N–H and O–H groups in total. The highest BCUT2D eigenvalue weighted by atomic mass is 15.2. The van der Waals surface area contributed by atoms with Crippen molar-refractivity contribution in [1.82, 2.24) is 10.2 Å². The van der Waals surface area contributed by atoms with Crippen LogP contribution in [-0.2, 0) is 0 Å². The van der Waals surface area contributed by atoms with Crippen LogP contribution in [0.15, 0.2) is 30.3 Å². The largest absolute Gasteiger partial charge is 0.313 e. The Kier molecular flexibility index (Phi) is 5.41. The van der Waals surface area contributed by atoms with Gasteiger partial charge in [0, 0.05) is 25.2 Å². The van der Waals surface area contributed by atoms with Gasteiger partial charge in [0.15, 0.2) is 0 Å². The van der Waals surface area contributed by atoms with Gasteiger partial charge >= 0.3 is 0 Å². The summed E-state index contributed by atoms with van der Waals surface area (Å²) >= 11 is 0. The predicted octanol–water partition coefficient (Wildman–Crippen LogP) is 3.25. The SMILES string of the molecule is CCC(CNC(C)C)N1CCC(c2ccccc2)C1. The van der Waals surface area contributed by atoms with Crippen molar-refractivity contribution < 1.29 is 0 Å². The summed E-state index contributed by atoms with van der Waals surface area (Å²) in [4.78, 5) is 2.67. The van der Waals surface area contributed by atoms with Crippen molar-refractivity contribution in [3.8, 4) is 0 Å². The van der Waals surface area contributed by atoms with Crippen LogP contribution >= 0.6 is 0 Å². The molecule has 106 valence electrons. The number of rotatable bonds is 6. The quantitative estimate of drug-likeness (QED) is 0.844. The molecule has 0 saturated carbocycles. The Hall–Kier alpha value is -0.860. The second kappa shape index (κ2) is 7.06. The molecule has 0 aromatic heterocycles. The average Bonchev–Trinajstić information content (AvgIpc) is 2.90. The fraction of sp³-hybridized carbons (Fsp3) is 0.647. The topological polar surface area (TPSA) is 15.3 Å². The molecule has 2 unspecified atom stereocenters. The van der Waals surface area contributed by atoms with Crippen LogP contribution in [0.4, 0.5) is 0 Å². The maximum atomic E-state index is 3.59.